The Morgan fingerprint density at radius 3 is 2.42 bits per heavy atom. The van der Waals surface area contributed by atoms with E-state index in [0.717, 1.165) is 22.4 Å². The van der Waals surface area contributed by atoms with Crippen molar-refractivity contribution in [3.05, 3.63) is 89.9 Å². The molecule has 1 unspecified atom stereocenters. The van der Waals surface area contributed by atoms with Crippen molar-refractivity contribution >= 4 is 5.91 Å². The number of carbonyl (C=O) groups is 1. The number of carbonyl (C=O) groups excluding carboxylic acids is 1. The van der Waals surface area contributed by atoms with Gasteiger partial charge in [0.25, 0.3) is 5.91 Å². The Kier molecular flexibility index (Phi) is 6.40. The van der Waals surface area contributed by atoms with E-state index in [9.17, 15) is 4.79 Å². The first-order valence-corrected chi connectivity index (χ1v) is 10.6. The summed E-state index contributed by atoms with van der Waals surface area (Å²) < 4.78 is 12.5. The second kappa shape index (κ2) is 9.56. The lowest BCUT2D eigenvalue weighted by Crippen LogP contribution is -2.27. The summed E-state index contributed by atoms with van der Waals surface area (Å²) >= 11 is 0. The van der Waals surface area contributed by atoms with Gasteiger partial charge < -0.3 is 14.8 Å². The second-order valence-corrected chi connectivity index (χ2v) is 7.67. The number of ether oxygens (including phenoxy) is 2. The molecular formula is C26H26N4O3. The molecule has 1 amide bonds. The molecule has 0 saturated heterocycles. The Labute approximate surface area is 193 Å². The SMILES string of the molecule is COc1cc(C)c(C(C)NC(=O)c2cn(-c3ccccc3)nc2-c2cccnc2)cc1OC. The van der Waals surface area contributed by atoms with Crippen molar-refractivity contribution in [2.75, 3.05) is 14.2 Å². The largest absolute Gasteiger partial charge is 0.493 e. The Morgan fingerprint density at radius 2 is 1.76 bits per heavy atom. The number of pyridine rings is 1. The first-order chi connectivity index (χ1) is 16.0. The van der Waals surface area contributed by atoms with Crippen molar-refractivity contribution in [3.8, 4) is 28.4 Å². The molecular weight excluding hydrogens is 416 g/mol. The fourth-order valence-corrected chi connectivity index (χ4v) is 3.78. The summed E-state index contributed by atoms with van der Waals surface area (Å²) in [5.74, 6) is 1.05. The third kappa shape index (κ3) is 4.57. The van der Waals surface area contributed by atoms with E-state index < -0.39 is 0 Å². The third-order valence-corrected chi connectivity index (χ3v) is 5.50. The molecule has 1 atom stereocenters. The molecule has 2 aromatic heterocycles. The van der Waals surface area contributed by atoms with E-state index in [1.54, 1.807) is 37.5 Å². The Morgan fingerprint density at radius 1 is 1.03 bits per heavy atom. The number of para-hydroxylation sites is 1. The minimum Gasteiger partial charge on any atom is -0.493 e. The van der Waals surface area contributed by atoms with Gasteiger partial charge in [0.1, 0.15) is 5.69 Å². The number of methoxy groups -OCH3 is 2. The maximum absolute atomic E-state index is 13.4. The van der Waals surface area contributed by atoms with E-state index in [1.807, 2.05) is 68.4 Å². The predicted molar refractivity (Wildman–Crippen MR) is 127 cm³/mol. The van der Waals surface area contributed by atoms with Crippen molar-refractivity contribution < 1.29 is 14.3 Å². The lowest BCUT2D eigenvalue weighted by Gasteiger charge is -2.19. The number of nitrogens with zero attached hydrogens (tertiary/aromatic N) is 3. The summed E-state index contributed by atoms with van der Waals surface area (Å²) in [5, 5.41) is 7.81. The molecule has 0 spiro atoms. The van der Waals surface area contributed by atoms with Crippen LogP contribution < -0.4 is 14.8 Å². The fraction of sp³-hybridized carbons (Fsp3) is 0.192. The van der Waals surface area contributed by atoms with Crippen LogP contribution in [0, 0.1) is 6.92 Å². The lowest BCUT2D eigenvalue weighted by molar-refractivity contribution is 0.0940. The number of hydrogen-bond donors (Lipinski definition) is 1. The molecule has 0 aliphatic heterocycles. The third-order valence-electron chi connectivity index (χ3n) is 5.50. The summed E-state index contributed by atoms with van der Waals surface area (Å²) in [5.41, 5.74) is 4.61. The van der Waals surface area contributed by atoms with Crippen LogP contribution in [0.2, 0.25) is 0 Å². The number of aryl methyl sites for hydroxylation is 1. The molecule has 0 saturated carbocycles. The number of aromatic nitrogens is 3. The Hall–Kier alpha value is -4.13. The second-order valence-electron chi connectivity index (χ2n) is 7.67. The molecule has 4 aromatic rings. The number of nitrogens with one attached hydrogen (secondary N) is 1. The van der Waals surface area contributed by atoms with E-state index in [1.165, 1.54) is 0 Å². The zero-order valence-corrected chi connectivity index (χ0v) is 19.1. The maximum atomic E-state index is 13.4. The first kappa shape index (κ1) is 22.1. The summed E-state index contributed by atoms with van der Waals surface area (Å²) in [6, 6.07) is 17.0. The van der Waals surface area contributed by atoms with E-state index in [0.29, 0.717) is 22.8 Å². The van der Waals surface area contributed by atoms with Gasteiger partial charge in [0.2, 0.25) is 0 Å². The Balaban J connectivity index is 1.69. The molecule has 33 heavy (non-hydrogen) atoms. The number of benzene rings is 2. The van der Waals surface area contributed by atoms with Gasteiger partial charge in [-0.05, 0) is 61.4 Å². The predicted octanol–water partition coefficient (Wildman–Crippen LogP) is 4.75. The van der Waals surface area contributed by atoms with Gasteiger partial charge in [-0.3, -0.25) is 9.78 Å². The van der Waals surface area contributed by atoms with Gasteiger partial charge in [0.15, 0.2) is 11.5 Å². The molecule has 1 N–H and O–H groups in total. The zero-order chi connectivity index (χ0) is 23.4. The summed E-state index contributed by atoms with van der Waals surface area (Å²) in [7, 11) is 3.20. The molecule has 0 bridgehead atoms. The lowest BCUT2D eigenvalue weighted by atomic mass is 10.0. The van der Waals surface area contributed by atoms with Crippen molar-refractivity contribution in [2.45, 2.75) is 19.9 Å². The molecule has 0 aliphatic carbocycles. The highest BCUT2D eigenvalue weighted by molar-refractivity contribution is 6.00. The molecule has 7 nitrogen and oxygen atoms in total. The van der Waals surface area contributed by atoms with Crippen molar-refractivity contribution in [3.63, 3.8) is 0 Å². The molecule has 4 rings (SSSR count). The van der Waals surface area contributed by atoms with Crippen LogP contribution >= 0.6 is 0 Å². The van der Waals surface area contributed by atoms with Crippen LogP contribution in [0.15, 0.2) is 73.2 Å². The van der Waals surface area contributed by atoms with Gasteiger partial charge in [0.05, 0.1) is 31.5 Å². The van der Waals surface area contributed by atoms with Crippen LogP contribution in [0.5, 0.6) is 11.5 Å². The summed E-state index contributed by atoms with van der Waals surface area (Å²) in [4.78, 5) is 17.6. The van der Waals surface area contributed by atoms with Crippen LogP contribution in [0.4, 0.5) is 0 Å². The highest BCUT2D eigenvalue weighted by Crippen LogP contribution is 2.33. The smallest absolute Gasteiger partial charge is 0.255 e. The van der Waals surface area contributed by atoms with Gasteiger partial charge in [-0.1, -0.05) is 18.2 Å². The highest BCUT2D eigenvalue weighted by atomic mass is 16.5. The molecule has 0 aliphatic rings. The molecule has 0 radical (unpaired) electrons. The van der Waals surface area contributed by atoms with Gasteiger partial charge >= 0.3 is 0 Å². The van der Waals surface area contributed by atoms with Gasteiger partial charge in [0, 0.05) is 24.2 Å². The number of rotatable bonds is 7. The van der Waals surface area contributed by atoms with Crippen LogP contribution in [0.3, 0.4) is 0 Å². The summed E-state index contributed by atoms with van der Waals surface area (Å²) in [6.45, 7) is 3.92. The molecule has 7 heteroatoms. The van der Waals surface area contributed by atoms with E-state index >= 15 is 0 Å². The molecule has 2 aromatic carbocycles. The summed E-state index contributed by atoms with van der Waals surface area (Å²) in [6.07, 6.45) is 5.15. The van der Waals surface area contributed by atoms with E-state index in [-0.39, 0.29) is 11.9 Å². The average Bonchev–Trinajstić information content (AvgIpc) is 3.30. The van der Waals surface area contributed by atoms with Crippen LogP contribution in [-0.2, 0) is 0 Å². The molecule has 2 heterocycles. The topological polar surface area (TPSA) is 78.3 Å². The number of amides is 1. The number of hydrogen-bond acceptors (Lipinski definition) is 5. The zero-order valence-electron chi connectivity index (χ0n) is 19.1. The minimum absolute atomic E-state index is 0.224. The van der Waals surface area contributed by atoms with Gasteiger partial charge in [-0.2, -0.15) is 5.10 Å². The molecule has 168 valence electrons. The van der Waals surface area contributed by atoms with Gasteiger partial charge in [-0.15, -0.1) is 0 Å². The van der Waals surface area contributed by atoms with Crippen molar-refractivity contribution in [1.82, 2.24) is 20.1 Å². The van der Waals surface area contributed by atoms with E-state index in [4.69, 9.17) is 14.6 Å². The standard InChI is InChI=1S/C26H26N4O3/c1-17-13-23(32-3)24(33-4)14-21(17)18(2)28-26(31)22-16-30(20-10-6-5-7-11-20)29-25(22)19-9-8-12-27-15-19/h5-16,18H,1-4H3,(H,28,31). The van der Waals surface area contributed by atoms with Crippen molar-refractivity contribution in [2.24, 2.45) is 0 Å². The average molecular weight is 443 g/mol. The monoisotopic (exact) mass is 442 g/mol. The van der Waals surface area contributed by atoms with Crippen LogP contribution in [0.25, 0.3) is 16.9 Å². The van der Waals surface area contributed by atoms with E-state index in [2.05, 4.69) is 10.3 Å². The van der Waals surface area contributed by atoms with Crippen LogP contribution in [-0.4, -0.2) is 34.9 Å². The van der Waals surface area contributed by atoms with Crippen molar-refractivity contribution in [1.29, 1.82) is 0 Å². The normalized spacial score (nSPS) is 11.6. The quantitative estimate of drug-likeness (QED) is 0.447. The maximum Gasteiger partial charge on any atom is 0.255 e. The Bertz CT molecular complexity index is 1250. The molecule has 0 fully saturated rings. The first-order valence-electron chi connectivity index (χ1n) is 10.6. The van der Waals surface area contributed by atoms with Crippen LogP contribution in [0.1, 0.15) is 34.5 Å². The highest BCUT2D eigenvalue weighted by Gasteiger charge is 2.22. The minimum atomic E-state index is -0.265. The fourth-order valence-electron chi connectivity index (χ4n) is 3.78. The van der Waals surface area contributed by atoms with Gasteiger partial charge in [-0.25, -0.2) is 4.68 Å².